The summed E-state index contributed by atoms with van der Waals surface area (Å²) in [4.78, 5) is 15.3. The SMILES string of the molecule is O=C(OCC1c2ccccc2-c2ccccc21)N1C2C=C(/C=C/c3ccccc3)CC1CCC2. The van der Waals surface area contributed by atoms with Crippen LogP contribution in [-0.4, -0.2) is 29.7 Å². The number of piperidine rings is 1. The van der Waals surface area contributed by atoms with Crippen LogP contribution < -0.4 is 0 Å². The summed E-state index contributed by atoms with van der Waals surface area (Å²) in [6, 6.07) is 27.7. The van der Waals surface area contributed by atoms with E-state index in [0.29, 0.717) is 6.61 Å². The zero-order valence-electron chi connectivity index (χ0n) is 19.3. The van der Waals surface area contributed by atoms with E-state index in [1.807, 2.05) is 11.0 Å². The number of carbonyl (C=O) groups is 1. The van der Waals surface area contributed by atoms with Crippen LogP contribution in [0.1, 0.15) is 48.3 Å². The monoisotopic (exact) mass is 447 g/mol. The van der Waals surface area contributed by atoms with E-state index < -0.39 is 0 Å². The zero-order valence-corrected chi connectivity index (χ0v) is 19.3. The summed E-state index contributed by atoms with van der Waals surface area (Å²) in [7, 11) is 0. The van der Waals surface area contributed by atoms with E-state index in [9.17, 15) is 4.79 Å². The summed E-state index contributed by atoms with van der Waals surface area (Å²) < 4.78 is 6.02. The number of rotatable bonds is 4. The fourth-order valence-corrected chi connectivity index (χ4v) is 5.91. The maximum Gasteiger partial charge on any atom is 0.410 e. The maximum atomic E-state index is 13.3. The predicted molar refractivity (Wildman–Crippen MR) is 137 cm³/mol. The third-order valence-electron chi connectivity index (χ3n) is 7.50. The Hall–Kier alpha value is -3.59. The van der Waals surface area contributed by atoms with E-state index in [-0.39, 0.29) is 24.1 Å². The Labute approximate surface area is 201 Å². The molecule has 3 heteroatoms. The zero-order chi connectivity index (χ0) is 22.9. The summed E-state index contributed by atoms with van der Waals surface area (Å²) in [5.41, 5.74) is 7.54. The molecule has 0 spiro atoms. The lowest BCUT2D eigenvalue weighted by atomic mass is 9.85. The first-order valence-corrected chi connectivity index (χ1v) is 12.3. The number of ether oxygens (including phenoxy) is 1. The van der Waals surface area contributed by atoms with Crippen LogP contribution in [0.2, 0.25) is 0 Å². The molecule has 2 atom stereocenters. The van der Waals surface area contributed by atoms with Crippen LogP contribution in [0.5, 0.6) is 0 Å². The van der Waals surface area contributed by atoms with Gasteiger partial charge in [0.15, 0.2) is 0 Å². The van der Waals surface area contributed by atoms with Crippen molar-refractivity contribution in [1.82, 2.24) is 4.90 Å². The first-order valence-electron chi connectivity index (χ1n) is 12.3. The van der Waals surface area contributed by atoms with Gasteiger partial charge in [0.1, 0.15) is 6.61 Å². The Bertz CT molecular complexity index is 1210. The molecular formula is C31H29NO2. The maximum absolute atomic E-state index is 13.3. The fourth-order valence-electron chi connectivity index (χ4n) is 5.91. The molecule has 1 amide bonds. The minimum absolute atomic E-state index is 0.0980. The number of fused-ring (bicyclic) bond motifs is 5. The largest absolute Gasteiger partial charge is 0.448 e. The Balaban J connectivity index is 1.18. The Kier molecular flexibility index (Phi) is 5.54. The van der Waals surface area contributed by atoms with E-state index in [1.54, 1.807) is 0 Å². The second kappa shape index (κ2) is 8.98. The van der Waals surface area contributed by atoms with Gasteiger partial charge in [0.2, 0.25) is 0 Å². The molecule has 34 heavy (non-hydrogen) atoms. The van der Waals surface area contributed by atoms with Gasteiger partial charge in [0, 0.05) is 12.0 Å². The van der Waals surface area contributed by atoms with Gasteiger partial charge in [-0.3, -0.25) is 4.90 Å². The first-order chi connectivity index (χ1) is 16.8. The molecule has 0 saturated carbocycles. The van der Waals surface area contributed by atoms with E-state index >= 15 is 0 Å². The van der Waals surface area contributed by atoms with Crippen molar-refractivity contribution >= 4 is 12.2 Å². The molecule has 170 valence electrons. The molecule has 0 aromatic heterocycles. The third-order valence-corrected chi connectivity index (χ3v) is 7.50. The normalized spacial score (nSPS) is 21.2. The minimum Gasteiger partial charge on any atom is -0.448 e. The lowest BCUT2D eigenvalue weighted by molar-refractivity contribution is 0.0516. The van der Waals surface area contributed by atoms with E-state index in [1.165, 1.54) is 33.4 Å². The molecule has 6 rings (SSSR count). The molecular weight excluding hydrogens is 418 g/mol. The first kappa shape index (κ1) is 21.0. The van der Waals surface area contributed by atoms with Crippen molar-refractivity contribution in [1.29, 1.82) is 0 Å². The van der Waals surface area contributed by atoms with Crippen LogP contribution >= 0.6 is 0 Å². The number of hydrogen-bond donors (Lipinski definition) is 0. The molecule has 3 aromatic carbocycles. The van der Waals surface area contributed by atoms with E-state index in [4.69, 9.17) is 4.74 Å². The van der Waals surface area contributed by atoms with Gasteiger partial charge in [-0.25, -0.2) is 4.79 Å². The van der Waals surface area contributed by atoms with Gasteiger partial charge in [0.25, 0.3) is 0 Å². The summed E-state index contributed by atoms with van der Waals surface area (Å²) in [5, 5.41) is 0. The van der Waals surface area contributed by atoms with Crippen LogP contribution in [0.3, 0.4) is 0 Å². The van der Waals surface area contributed by atoms with E-state index in [2.05, 4.69) is 91.0 Å². The second-order valence-electron chi connectivity index (χ2n) is 9.55. The van der Waals surface area contributed by atoms with Gasteiger partial charge in [0.05, 0.1) is 6.04 Å². The van der Waals surface area contributed by atoms with Gasteiger partial charge >= 0.3 is 6.09 Å². The number of amides is 1. The molecule has 1 aliphatic carbocycles. The minimum atomic E-state index is -0.168. The Morgan fingerprint density at radius 1 is 0.853 bits per heavy atom. The molecule has 2 unspecified atom stereocenters. The summed E-state index contributed by atoms with van der Waals surface area (Å²) in [5.74, 6) is 0.0980. The van der Waals surface area contributed by atoms with Crippen molar-refractivity contribution in [2.45, 2.75) is 43.7 Å². The van der Waals surface area contributed by atoms with Gasteiger partial charge < -0.3 is 4.74 Å². The van der Waals surface area contributed by atoms with Gasteiger partial charge in [-0.05, 0) is 59.1 Å². The standard InChI is InChI=1S/C31H29NO2/c33-31(34-21-30-28-15-6-4-13-26(28)27-14-5-7-16-29(27)30)32-24-11-8-12-25(32)20-23(19-24)18-17-22-9-2-1-3-10-22/h1-7,9-10,13-19,24-25,30H,8,11-12,20-21H2/b18-17+. The molecule has 3 aromatic rings. The van der Waals surface area contributed by atoms with Gasteiger partial charge in [-0.1, -0.05) is 97.1 Å². The van der Waals surface area contributed by atoms with Crippen molar-refractivity contribution in [2.24, 2.45) is 0 Å². The Morgan fingerprint density at radius 2 is 1.53 bits per heavy atom. The molecule has 2 heterocycles. The van der Waals surface area contributed by atoms with Crippen molar-refractivity contribution < 1.29 is 9.53 Å². The van der Waals surface area contributed by atoms with Crippen LogP contribution in [0.4, 0.5) is 4.79 Å². The van der Waals surface area contributed by atoms with Crippen molar-refractivity contribution in [2.75, 3.05) is 6.61 Å². The fraction of sp³-hybridized carbons (Fsp3) is 0.258. The van der Waals surface area contributed by atoms with Gasteiger partial charge in [-0.15, -0.1) is 0 Å². The van der Waals surface area contributed by atoms with Crippen LogP contribution in [0.25, 0.3) is 17.2 Å². The molecule has 2 bridgehead atoms. The Morgan fingerprint density at radius 3 is 2.24 bits per heavy atom. The lowest BCUT2D eigenvalue weighted by Gasteiger charge is -2.44. The molecule has 3 aliphatic rings. The molecule has 0 N–H and O–H groups in total. The third kappa shape index (κ3) is 3.86. The summed E-state index contributed by atoms with van der Waals surface area (Å²) in [6.45, 7) is 0.382. The van der Waals surface area contributed by atoms with Crippen LogP contribution in [0, 0.1) is 0 Å². The number of allylic oxidation sites excluding steroid dienone is 1. The average molecular weight is 448 g/mol. The van der Waals surface area contributed by atoms with Crippen LogP contribution in [-0.2, 0) is 4.74 Å². The molecule has 2 aliphatic heterocycles. The quantitative estimate of drug-likeness (QED) is 0.423. The smallest absolute Gasteiger partial charge is 0.410 e. The second-order valence-corrected chi connectivity index (χ2v) is 9.55. The van der Waals surface area contributed by atoms with E-state index in [0.717, 1.165) is 25.7 Å². The topological polar surface area (TPSA) is 29.5 Å². The van der Waals surface area contributed by atoms with Gasteiger partial charge in [-0.2, -0.15) is 0 Å². The number of nitrogens with zero attached hydrogens (tertiary/aromatic N) is 1. The van der Waals surface area contributed by atoms with Crippen molar-refractivity contribution in [3.05, 3.63) is 113 Å². The average Bonchev–Trinajstić information content (AvgIpc) is 3.20. The number of hydrogen-bond acceptors (Lipinski definition) is 2. The molecule has 1 fully saturated rings. The lowest BCUT2D eigenvalue weighted by Crippen LogP contribution is -2.52. The van der Waals surface area contributed by atoms with Crippen LogP contribution in [0.15, 0.2) is 96.6 Å². The highest BCUT2D eigenvalue weighted by atomic mass is 16.6. The molecule has 0 radical (unpaired) electrons. The molecule has 3 nitrogen and oxygen atoms in total. The summed E-state index contributed by atoms with van der Waals surface area (Å²) >= 11 is 0. The number of carbonyl (C=O) groups excluding carboxylic acids is 1. The molecule has 1 saturated heterocycles. The highest BCUT2D eigenvalue weighted by molar-refractivity contribution is 5.79. The number of benzene rings is 3. The predicted octanol–water partition coefficient (Wildman–Crippen LogP) is 7.20. The van der Waals surface area contributed by atoms with Crippen molar-refractivity contribution in [3.8, 4) is 11.1 Å². The highest BCUT2D eigenvalue weighted by Gasteiger charge is 2.38. The van der Waals surface area contributed by atoms with Crippen molar-refractivity contribution in [3.63, 3.8) is 0 Å². The highest BCUT2D eigenvalue weighted by Crippen LogP contribution is 2.44. The summed E-state index contributed by atoms with van der Waals surface area (Å²) in [6.07, 6.45) is 10.6.